The fraction of sp³-hybridized carbons (Fsp3) is 0.455. The summed E-state index contributed by atoms with van der Waals surface area (Å²) in [5.41, 5.74) is 2.13. The number of benzene rings is 1. The third-order valence-corrected chi connectivity index (χ3v) is 5.37. The Kier molecular flexibility index (Phi) is 7.25. The Balaban J connectivity index is 1.61. The molecule has 1 aliphatic rings. The van der Waals surface area contributed by atoms with E-state index in [0.717, 1.165) is 29.8 Å². The maximum Gasteiger partial charge on any atom is 0.318 e. The predicted molar refractivity (Wildman–Crippen MR) is 110 cm³/mol. The maximum atomic E-state index is 12.9. The molecular weight excluding hydrogens is 352 g/mol. The molecular formula is C22H30N4O2. The second-order valence-electron chi connectivity index (χ2n) is 7.36. The van der Waals surface area contributed by atoms with E-state index in [-0.39, 0.29) is 6.03 Å². The van der Waals surface area contributed by atoms with Crippen molar-refractivity contribution < 1.29 is 9.53 Å². The van der Waals surface area contributed by atoms with E-state index in [1.54, 1.807) is 19.5 Å². The Labute approximate surface area is 167 Å². The van der Waals surface area contributed by atoms with Gasteiger partial charge in [0.2, 0.25) is 0 Å². The van der Waals surface area contributed by atoms with Crippen LogP contribution in [0.25, 0.3) is 0 Å². The second-order valence-corrected chi connectivity index (χ2v) is 7.36. The highest BCUT2D eigenvalue weighted by Gasteiger charge is 2.21. The fourth-order valence-electron chi connectivity index (χ4n) is 3.66. The van der Waals surface area contributed by atoms with Crippen molar-refractivity contribution in [2.45, 2.75) is 38.4 Å². The Morgan fingerprint density at radius 3 is 2.46 bits per heavy atom. The van der Waals surface area contributed by atoms with E-state index in [1.165, 1.54) is 12.8 Å². The molecule has 150 valence electrons. The normalized spacial score (nSPS) is 16.7. The molecule has 0 spiro atoms. The lowest BCUT2D eigenvalue weighted by Crippen LogP contribution is -2.40. The number of amides is 2. The van der Waals surface area contributed by atoms with Crippen molar-refractivity contribution in [3.05, 3.63) is 59.9 Å². The van der Waals surface area contributed by atoms with Crippen LogP contribution in [0.15, 0.2) is 48.8 Å². The number of methoxy groups -OCH3 is 1. The molecule has 1 fully saturated rings. The summed E-state index contributed by atoms with van der Waals surface area (Å²) in [7, 11) is 3.82. The van der Waals surface area contributed by atoms with E-state index in [4.69, 9.17) is 4.74 Å². The number of hydrogen-bond donors (Lipinski definition) is 1. The zero-order valence-corrected chi connectivity index (χ0v) is 16.8. The SMILES string of the molecule is COc1ccc(CN(Cc2ccncc2)C(=O)NCC[C@H]2CCCN2C)cc1. The number of nitrogens with one attached hydrogen (secondary N) is 1. The number of nitrogens with zero attached hydrogens (tertiary/aromatic N) is 3. The largest absolute Gasteiger partial charge is 0.497 e. The number of likely N-dealkylation sites (tertiary alicyclic amines) is 1. The standard InChI is InChI=1S/C22H30N4O2/c1-25-15-3-4-20(25)11-14-24-22(27)26(17-19-9-12-23-13-10-19)16-18-5-7-21(28-2)8-6-18/h5-10,12-13,20H,3-4,11,14-17H2,1-2H3,(H,24,27)/t20-/m1/s1. The van der Waals surface area contributed by atoms with Gasteiger partial charge in [0.25, 0.3) is 0 Å². The van der Waals surface area contributed by atoms with Gasteiger partial charge in [0, 0.05) is 38.1 Å². The molecule has 1 aromatic heterocycles. The molecule has 2 heterocycles. The number of aromatic nitrogens is 1. The molecule has 0 radical (unpaired) electrons. The average molecular weight is 383 g/mol. The van der Waals surface area contributed by atoms with Crippen molar-refractivity contribution in [2.75, 3.05) is 27.2 Å². The molecule has 1 N–H and O–H groups in total. The maximum absolute atomic E-state index is 12.9. The average Bonchev–Trinajstić information content (AvgIpc) is 3.13. The van der Waals surface area contributed by atoms with Crippen molar-refractivity contribution in [2.24, 2.45) is 0 Å². The molecule has 2 aromatic rings. The third kappa shape index (κ3) is 5.70. The van der Waals surface area contributed by atoms with Gasteiger partial charge in [-0.05, 0) is 68.2 Å². The monoisotopic (exact) mass is 382 g/mol. The minimum absolute atomic E-state index is 0.0340. The van der Waals surface area contributed by atoms with Gasteiger partial charge in [-0.3, -0.25) is 4.98 Å². The molecule has 0 unspecified atom stereocenters. The lowest BCUT2D eigenvalue weighted by Gasteiger charge is -2.25. The van der Waals surface area contributed by atoms with Gasteiger partial charge < -0.3 is 19.9 Å². The summed E-state index contributed by atoms with van der Waals surface area (Å²) < 4.78 is 5.22. The molecule has 6 nitrogen and oxygen atoms in total. The van der Waals surface area contributed by atoms with Gasteiger partial charge in [-0.2, -0.15) is 0 Å². The molecule has 1 atom stereocenters. The fourth-order valence-corrected chi connectivity index (χ4v) is 3.66. The minimum atomic E-state index is -0.0340. The Bertz CT molecular complexity index is 736. The lowest BCUT2D eigenvalue weighted by atomic mass is 10.1. The van der Waals surface area contributed by atoms with E-state index in [2.05, 4.69) is 22.2 Å². The topological polar surface area (TPSA) is 57.7 Å². The molecule has 1 aromatic carbocycles. The number of urea groups is 1. The van der Waals surface area contributed by atoms with Crippen LogP contribution in [-0.4, -0.2) is 54.1 Å². The van der Waals surface area contributed by atoms with Crippen molar-refractivity contribution in [1.82, 2.24) is 20.1 Å². The van der Waals surface area contributed by atoms with Crippen LogP contribution in [-0.2, 0) is 13.1 Å². The van der Waals surface area contributed by atoms with Crippen LogP contribution < -0.4 is 10.1 Å². The van der Waals surface area contributed by atoms with E-state index in [0.29, 0.717) is 25.7 Å². The zero-order valence-electron chi connectivity index (χ0n) is 16.8. The summed E-state index contributed by atoms with van der Waals surface area (Å²) in [4.78, 5) is 21.2. The first-order valence-corrected chi connectivity index (χ1v) is 9.90. The van der Waals surface area contributed by atoms with Crippen LogP contribution >= 0.6 is 0 Å². The van der Waals surface area contributed by atoms with Crippen LogP contribution in [0, 0.1) is 0 Å². The van der Waals surface area contributed by atoms with Crippen molar-refractivity contribution in [3.63, 3.8) is 0 Å². The van der Waals surface area contributed by atoms with Gasteiger partial charge in [0.15, 0.2) is 0 Å². The second kappa shape index (κ2) is 10.1. The van der Waals surface area contributed by atoms with Crippen LogP contribution in [0.1, 0.15) is 30.4 Å². The Morgan fingerprint density at radius 2 is 1.86 bits per heavy atom. The molecule has 3 rings (SSSR count). The van der Waals surface area contributed by atoms with Gasteiger partial charge >= 0.3 is 6.03 Å². The van der Waals surface area contributed by atoms with E-state index in [1.807, 2.05) is 41.3 Å². The van der Waals surface area contributed by atoms with Crippen molar-refractivity contribution >= 4 is 6.03 Å². The third-order valence-electron chi connectivity index (χ3n) is 5.37. The van der Waals surface area contributed by atoms with Crippen LogP contribution in [0.2, 0.25) is 0 Å². The summed E-state index contributed by atoms with van der Waals surface area (Å²) in [5, 5.41) is 3.11. The van der Waals surface area contributed by atoms with Crippen LogP contribution in [0.5, 0.6) is 5.75 Å². The summed E-state index contributed by atoms with van der Waals surface area (Å²) in [5.74, 6) is 0.814. The van der Waals surface area contributed by atoms with E-state index < -0.39 is 0 Å². The summed E-state index contributed by atoms with van der Waals surface area (Å²) in [6.07, 6.45) is 6.98. The van der Waals surface area contributed by atoms with E-state index >= 15 is 0 Å². The number of rotatable bonds is 8. The number of hydrogen-bond acceptors (Lipinski definition) is 4. The van der Waals surface area contributed by atoms with Crippen LogP contribution in [0.3, 0.4) is 0 Å². The van der Waals surface area contributed by atoms with Gasteiger partial charge in [-0.15, -0.1) is 0 Å². The number of ether oxygens (including phenoxy) is 1. The van der Waals surface area contributed by atoms with E-state index in [9.17, 15) is 4.79 Å². The molecule has 2 amide bonds. The summed E-state index contributed by atoms with van der Waals surface area (Å²) in [6, 6.07) is 12.3. The lowest BCUT2D eigenvalue weighted by molar-refractivity contribution is 0.190. The Morgan fingerprint density at radius 1 is 1.18 bits per heavy atom. The smallest absolute Gasteiger partial charge is 0.318 e. The van der Waals surface area contributed by atoms with Crippen LogP contribution in [0.4, 0.5) is 4.79 Å². The number of pyridine rings is 1. The molecule has 0 aliphatic carbocycles. The molecule has 28 heavy (non-hydrogen) atoms. The first kappa shape index (κ1) is 20.1. The van der Waals surface area contributed by atoms with Crippen molar-refractivity contribution in [1.29, 1.82) is 0 Å². The number of carbonyl (C=O) groups is 1. The first-order valence-electron chi connectivity index (χ1n) is 9.90. The molecule has 0 bridgehead atoms. The highest BCUT2D eigenvalue weighted by molar-refractivity contribution is 5.74. The molecule has 6 heteroatoms. The summed E-state index contributed by atoms with van der Waals surface area (Å²) >= 11 is 0. The van der Waals surface area contributed by atoms with Crippen molar-refractivity contribution in [3.8, 4) is 5.75 Å². The Hall–Kier alpha value is -2.60. The first-order chi connectivity index (χ1) is 13.7. The highest BCUT2D eigenvalue weighted by atomic mass is 16.5. The molecule has 0 saturated carbocycles. The van der Waals surface area contributed by atoms with Gasteiger partial charge in [-0.25, -0.2) is 4.79 Å². The highest BCUT2D eigenvalue weighted by Crippen LogP contribution is 2.18. The van der Waals surface area contributed by atoms with Gasteiger partial charge in [-0.1, -0.05) is 12.1 Å². The zero-order chi connectivity index (χ0) is 19.8. The number of carbonyl (C=O) groups excluding carboxylic acids is 1. The van der Waals surface area contributed by atoms with Gasteiger partial charge in [0.05, 0.1) is 7.11 Å². The summed E-state index contributed by atoms with van der Waals surface area (Å²) in [6.45, 7) is 2.94. The minimum Gasteiger partial charge on any atom is -0.497 e. The molecule has 1 aliphatic heterocycles. The van der Waals surface area contributed by atoms with Gasteiger partial charge in [0.1, 0.15) is 5.75 Å². The quantitative estimate of drug-likeness (QED) is 0.761. The predicted octanol–water partition coefficient (Wildman–Crippen LogP) is 3.29. The molecule has 1 saturated heterocycles.